The molecule has 57 heavy (non-hydrogen) atoms. The molecule has 10 nitrogen and oxygen atoms in total. The smallest absolute Gasteiger partial charge is 0.306 e. The van der Waals surface area contributed by atoms with Gasteiger partial charge < -0.3 is 39.4 Å². The quantitative estimate of drug-likeness (QED) is 0.0277. The molecular weight excluding hydrogens is 725 g/mol. The molecule has 0 saturated carbocycles. The molecule has 6 atom stereocenters. The number of aliphatic hydroxyl groups is 4. The summed E-state index contributed by atoms with van der Waals surface area (Å²) in [6, 6.07) is 0. The van der Waals surface area contributed by atoms with Gasteiger partial charge >= 0.3 is 11.9 Å². The van der Waals surface area contributed by atoms with E-state index in [1.807, 2.05) is 6.08 Å². The van der Waals surface area contributed by atoms with Crippen LogP contribution in [0.2, 0.25) is 0 Å². The third kappa shape index (κ3) is 29.1. The molecule has 4 N–H and O–H groups in total. The zero-order chi connectivity index (χ0) is 41.6. The number of hydrogen-bond donors (Lipinski definition) is 4. The number of rotatable bonds is 35. The van der Waals surface area contributed by atoms with E-state index >= 15 is 0 Å². The molecule has 0 aromatic rings. The molecular formula is C47H78O10. The van der Waals surface area contributed by atoms with Crippen LogP contribution in [0.4, 0.5) is 0 Å². The molecule has 0 amide bonds. The second kappa shape index (κ2) is 37.4. The van der Waals surface area contributed by atoms with Crippen LogP contribution in [0.3, 0.4) is 0 Å². The van der Waals surface area contributed by atoms with E-state index in [2.05, 4.69) is 80.7 Å². The maximum Gasteiger partial charge on any atom is 0.306 e. The summed E-state index contributed by atoms with van der Waals surface area (Å²) >= 11 is 0. The van der Waals surface area contributed by atoms with Crippen molar-refractivity contribution < 1.29 is 49.0 Å². The molecule has 1 aliphatic rings. The second-order valence-electron chi connectivity index (χ2n) is 14.8. The topological polar surface area (TPSA) is 152 Å². The van der Waals surface area contributed by atoms with Gasteiger partial charge in [-0.05, 0) is 83.5 Å². The van der Waals surface area contributed by atoms with Crippen LogP contribution in [-0.4, -0.2) is 89.0 Å². The Hall–Kier alpha value is -2.86. The monoisotopic (exact) mass is 803 g/mol. The van der Waals surface area contributed by atoms with Crippen LogP contribution < -0.4 is 0 Å². The summed E-state index contributed by atoms with van der Waals surface area (Å²) in [7, 11) is 0. The van der Waals surface area contributed by atoms with Crippen LogP contribution in [0.5, 0.6) is 0 Å². The van der Waals surface area contributed by atoms with Gasteiger partial charge in [-0.2, -0.15) is 0 Å². The summed E-state index contributed by atoms with van der Waals surface area (Å²) in [6.45, 7) is 3.28. The van der Waals surface area contributed by atoms with Gasteiger partial charge in [-0.1, -0.05) is 132 Å². The fourth-order valence-electron chi connectivity index (χ4n) is 6.03. The lowest BCUT2D eigenvalue weighted by atomic mass is 9.99. The van der Waals surface area contributed by atoms with Gasteiger partial charge in [0, 0.05) is 12.8 Å². The first-order chi connectivity index (χ1) is 27.8. The number of esters is 2. The SMILES string of the molecule is CCCCC/C=C/C/C=C/C/C=C/C/C=C/CCCC(=O)O[C@H](COC(=O)CCCC/C=C/C/C=C/CCCCCCCC)CO[C@@H]1O[C@H](CO)[C@H](O)C(O)C1O. The molecule has 10 heteroatoms. The van der Waals surface area contributed by atoms with Crippen molar-refractivity contribution in [3.05, 3.63) is 72.9 Å². The molecule has 0 bridgehead atoms. The lowest BCUT2D eigenvalue weighted by Gasteiger charge is -2.39. The highest BCUT2D eigenvalue weighted by atomic mass is 16.7. The first-order valence-electron chi connectivity index (χ1n) is 22.0. The number of allylic oxidation sites excluding steroid dienone is 12. The van der Waals surface area contributed by atoms with E-state index in [1.54, 1.807) is 0 Å². The van der Waals surface area contributed by atoms with Crippen molar-refractivity contribution in [2.45, 2.75) is 192 Å². The van der Waals surface area contributed by atoms with Gasteiger partial charge in [0.1, 0.15) is 31.0 Å². The molecule has 0 spiro atoms. The van der Waals surface area contributed by atoms with E-state index in [9.17, 15) is 30.0 Å². The van der Waals surface area contributed by atoms with Crippen molar-refractivity contribution >= 4 is 11.9 Å². The predicted molar refractivity (Wildman–Crippen MR) is 228 cm³/mol. The van der Waals surface area contributed by atoms with Gasteiger partial charge in [-0.15, -0.1) is 0 Å². The first-order valence-corrected chi connectivity index (χ1v) is 22.0. The average Bonchev–Trinajstić information content (AvgIpc) is 3.21. The molecule has 2 unspecified atom stereocenters. The molecule has 1 rings (SSSR count). The van der Waals surface area contributed by atoms with Crippen LogP contribution in [0.25, 0.3) is 0 Å². The molecule has 0 aromatic heterocycles. The average molecular weight is 803 g/mol. The molecule has 1 heterocycles. The summed E-state index contributed by atoms with van der Waals surface area (Å²) in [6.07, 6.45) is 39.1. The Morgan fingerprint density at radius 1 is 0.544 bits per heavy atom. The maximum absolute atomic E-state index is 12.7. The summed E-state index contributed by atoms with van der Waals surface area (Å²) in [5.74, 6) is -0.917. The molecule has 326 valence electrons. The Labute approximate surface area is 344 Å². The van der Waals surface area contributed by atoms with Crippen LogP contribution in [0.1, 0.15) is 155 Å². The third-order valence-corrected chi connectivity index (χ3v) is 9.56. The number of hydrogen-bond acceptors (Lipinski definition) is 10. The van der Waals surface area contributed by atoms with Gasteiger partial charge in [0.2, 0.25) is 0 Å². The highest BCUT2D eigenvalue weighted by Gasteiger charge is 2.44. The molecule has 0 radical (unpaired) electrons. The molecule has 1 saturated heterocycles. The zero-order valence-electron chi connectivity index (χ0n) is 35.3. The Morgan fingerprint density at radius 2 is 1.00 bits per heavy atom. The fourth-order valence-corrected chi connectivity index (χ4v) is 6.03. The van der Waals surface area contributed by atoms with Gasteiger partial charge in [-0.25, -0.2) is 0 Å². The fraction of sp³-hybridized carbons (Fsp3) is 0.702. The minimum absolute atomic E-state index is 0.144. The van der Waals surface area contributed by atoms with E-state index < -0.39 is 55.4 Å². The Bertz CT molecular complexity index is 1160. The van der Waals surface area contributed by atoms with Crippen molar-refractivity contribution in [2.75, 3.05) is 19.8 Å². The van der Waals surface area contributed by atoms with Crippen molar-refractivity contribution in [1.82, 2.24) is 0 Å². The van der Waals surface area contributed by atoms with Crippen LogP contribution >= 0.6 is 0 Å². The molecule has 0 aliphatic carbocycles. The lowest BCUT2D eigenvalue weighted by molar-refractivity contribution is -0.305. The highest BCUT2D eigenvalue weighted by molar-refractivity contribution is 5.70. The first kappa shape index (κ1) is 52.2. The van der Waals surface area contributed by atoms with Gasteiger partial charge in [0.25, 0.3) is 0 Å². The summed E-state index contributed by atoms with van der Waals surface area (Å²) in [5.41, 5.74) is 0. The van der Waals surface area contributed by atoms with E-state index in [0.717, 1.165) is 51.4 Å². The number of ether oxygens (including phenoxy) is 4. The summed E-state index contributed by atoms with van der Waals surface area (Å²) in [5, 5.41) is 40.0. The van der Waals surface area contributed by atoms with E-state index in [-0.39, 0.29) is 26.1 Å². The molecule has 0 aromatic carbocycles. The van der Waals surface area contributed by atoms with E-state index in [1.165, 1.54) is 57.8 Å². The van der Waals surface area contributed by atoms with Crippen LogP contribution in [0.15, 0.2) is 72.9 Å². The third-order valence-electron chi connectivity index (χ3n) is 9.56. The maximum atomic E-state index is 12.7. The number of aliphatic hydroxyl groups excluding tert-OH is 4. The van der Waals surface area contributed by atoms with E-state index in [4.69, 9.17) is 18.9 Å². The summed E-state index contributed by atoms with van der Waals surface area (Å²) < 4.78 is 22.0. The van der Waals surface area contributed by atoms with Crippen molar-refractivity contribution in [3.8, 4) is 0 Å². The van der Waals surface area contributed by atoms with E-state index in [0.29, 0.717) is 19.3 Å². The number of carbonyl (C=O) groups is 2. The van der Waals surface area contributed by atoms with Crippen LogP contribution in [0, 0.1) is 0 Å². The largest absolute Gasteiger partial charge is 0.462 e. The number of unbranched alkanes of at least 4 members (excludes halogenated alkanes) is 12. The minimum atomic E-state index is -1.61. The van der Waals surface area contributed by atoms with Gasteiger partial charge in [0.15, 0.2) is 12.4 Å². The number of carbonyl (C=O) groups excluding carboxylic acids is 2. The van der Waals surface area contributed by atoms with Crippen LogP contribution in [-0.2, 0) is 28.5 Å². The molecule has 1 fully saturated rings. The van der Waals surface area contributed by atoms with Gasteiger partial charge in [0.05, 0.1) is 13.2 Å². The Morgan fingerprint density at radius 3 is 1.56 bits per heavy atom. The normalized spacial score (nSPS) is 21.0. The predicted octanol–water partition coefficient (Wildman–Crippen LogP) is 9.22. The Kier molecular flexibility index (Phi) is 34.2. The molecule has 1 aliphatic heterocycles. The Balaban J connectivity index is 2.43. The minimum Gasteiger partial charge on any atom is -0.462 e. The van der Waals surface area contributed by atoms with Gasteiger partial charge in [-0.3, -0.25) is 9.59 Å². The second-order valence-corrected chi connectivity index (χ2v) is 14.8. The zero-order valence-corrected chi connectivity index (χ0v) is 35.3. The summed E-state index contributed by atoms with van der Waals surface area (Å²) in [4.78, 5) is 25.3. The van der Waals surface area contributed by atoms with Crippen molar-refractivity contribution in [1.29, 1.82) is 0 Å². The highest BCUT2D eigenvalue weighted by Crippen LogP contribution is 2.22. The van der Waals surface area contributed by atoms with Crippen molar-refractivity contribution in [3.63, 3.8) is 0 Å². The lowest BCUT2D eigenvalue weighted by Crippen LogP contribution is -2.59. The van der Waals surface area contributed by atoms with Crippen molar-refractivity contribution in [2.24, 2.45) is 0 Å². The standard InChI is InChI=1S/C47H78O10/c1-3-5-7-9-11-13-15-17-19-20-22-24-26-28-30-32-34-36-43(50)56-40(39-55-47-46(53)45(52)44(51)41(37-48)57-47)38-54-42(49)35-33-31-29-27-25-23-21-18-16-14-12-10-8-6-4-2/h11,13,17-19,21-22,24-25,27-28,30,40-41,44-48,51-53H,3-10,12,14-16,20,23,26,29,31-39H2,1-2H3/b13-11+,19-17+,21-18+,24-22+,27-25+,30-28+/t40-,41-,44+,45?,46?,47-/m1/s1.